The summed E-state index contributed by atoms with van der Waals surface area (Å²) in [5.41, 5.74) is 7.66. The Morgan fingerprint density at radius 1 is 1.17 bits per heavy atom. The summed E-state index contributed by atoms with van der Waals surface area (Å²) >= 11 is 0. The highest BCUT2D eigenvalue weighted by Crippen LogP contribution is 2.38. The average Bonchev–Trinajstić information content (AvgIpc) is 3.49. The van der Waals surface area contributed by atoms with Crippen molar-refractivity contribution in [2.24, 2.45) is 4.99 Å². The molecule has 1 aromatic carbocycles. The molecule has 2 heterocycles. The van der Waals surface area contributed by atoms with Crippen molar-refractivity contribution in [2.45, 2.75) is 70.4 Å². The van der Waals surface area contributed by atoms with E-state index in [0.29, 0.717) is 31.7 Å². The van der Waals surface area contributed by atoms with Crippen LogP contribution in [0.1, 0.15) is 54.9 Å². The van der Waals surface area contributed by atoms with Gasteiger partial charge in [0, 0.05) is 56.5 Å². The van der Waals surface area contributed by atoms with Crippen LogP contribution in [-0.2, 0) is 35.2 Å². The summed E-state index contributed by atoms with van der Waals surface area (Å²) in [6.07, 6.45) is 14.5. The Bertz CT molecular complexity index is 1010. The van der Waals surface area contributed by atoms with Crippen molar-refractivity contribution in [3.63, 3.8) is 0 Å². The van der Waals surface area contributed by atoms with Crippen molar-refractivity contribution < 1.29 is 14.3 Å². The quantitative estimate of drug-likeness (QED) is 0.644. The Hall–Kier alpha value is -2.64. The van der Waals surface area contributed by atoms with E-state index in [4.69, 9.17) is 9.47 Å². The number of aliphatic imine (C=N–C) groups is 1. The first-order chi connectivity index (χ1) is 17.1. The monoisotopic (exact) mass is 478 g/mol. The number of likely N-dealkylation sites (tertiary alicyclic amines) is 1. The molecular formula is C28H38N4O3. The van der Waals surface area contributed by atoms with Crippen LogP contribution in [0.4, 0.5) is 10.5 Å². The number of anilines is 1. The van der Waals surface area contributed by atoms with Gasteiger partial charge in [-0.15, -0.1) is 0 Å². The molecule has 2 aliphatic heterocycles. The number of hydrogen-bond donors (Lipinski definition) is 2. The van der Waals surface area contributed by atoms with Gasteiger partial charge in [-0.2, -0.15) is 0 Å². The zero-order valence-electron chi connectivity index (χ0n) is 21.1. The third-order valence-electron chi connectivity index (χ3n) is 7.89. The second kappa shape index (κ2) is 11.0. The van der Waals surface area contributed by atoms with Crippen LogP contribution in [0.3, 0.4) is 0 Å². The van der Waals surface area contributed by atoms with Gasteiger partial charge in [-0.05, 0) is 80.5 Å². The van der Waals surface area contributed by atoms with Crippen molar-refractivity contribution in [3.8, 4) is 0 Å². The maximum Gasteiger partial charge on any atom is 0.319 e. The van der Waals surface area contributed by atoms with Crippen LogP contribution >= 0.6 is 0 Å². The molecule has 188 valence electrons. The molecule has 0 saturated carbocycles. The van der Waals surface area contributed by atoms with E-state index in [1.54, 1.807) is 7.11 Å². The number of aryl methyl sites for hydroxylation is 2. The summed E-state index contributed by atoms with van der Waals surface area (Å²) in [6, 6.07) is 2.58. The molecule has 2 aliphatic carbocycles. The number of allylic oxidation sites excluding steroid dienone is 1. The zero-order chi connectivity index (χ0) is 24.2. The van der Waals surface area contributed by atoms with E-state index >= 15 is 0 Å². The number of ether oxygens (including phenoxy) is 2. The van der Waals surface area contributed by atoms with Gasteiger partial charge in [0.1, 0.15) is 6.61 Å². The number of nitrogens with zero attached hydrogens (tertiary/aromatic N) is 2. The number of methoxy groups -OCH3 is 1. The number of amides is 2. The van der Waals surface area contributed by atoms with Crippen molar-refractivity contribution in [2.75, 3.05) is 38.7 Å². The Balaban J connectivity index is 1.17. The number of benzene rings is 1. The van der Waals surface area contributed by atoms with Crippen LogP contribution < -0.4 is 10.6 Å². The van der Waals surface area contributed by atoms with Gasteiger partial charge >= 0.3 is 6.03 Å². The number of urea groups is 1. The minimum Gasteiger partial charge on any atom is -0.496 e. The molecule has 35 heavy (non-hydrogen) atoms. The minimum atomic E-state index is -0.124. The number of fused-ring (bicyclic) bond motifs is 2. The first-order valence-electron chi connectivity index (χ1n) is 13.1. The molecule has 7 heteroatoms. The fraction of sp³-hybridized carbons (Fsp3) is 0.571. The van der Waals surface area contributed by atoms with Gasteiger partial charge in [0.05, 0.1) is 11.9 Å². The maximum atomic E-state index is 12.8. The molecule has 1 aromatic rings. The number of carbonyl (C=O) groups excluding carboxylic acids is 1. The van der Waals surface area contributed by atoms with Gasteiger partial charge in [0.2, 0.25) is 0 Å². The molecule has 5 rings (SSSR count). The molecule has 1 saturated heterocycles. The van der Waals surface area contributed by atoms with Gasteiger partial charge in [-0.3, -0.25) is 9.89 Å². The standard InChI is InChI=1S/C28H38N4O3/c1-19-22(15-29-12-5-8-23(18-35-19)32-16-24(17-32)34-2)11-13-30-28(33)31-27-25-9-3-6-20(25)14-21-7-4-10-26(21)27/h5,12,14-15,23-24H,3-4,6-11,13,16-18H2,1-2H3,(H2,30,31,33)/b12-5+,22-19+,29-15-/t23-/m1/s1. The molecule has 0 bridgehead atoms. The molecule has 2 N–H and O–H groups in total. The van der Waals surface area contributed by atoms with Crippen LogP contribution in [-0.4, -0.2) is 62.6 Å². The summed E-state index contributed by atoms with van der Waals surface area (Å²) in [6.45, 7) is 5.06. The van der Waals surface area contributed by atoms with Crippen molar-refractivity contribution >= 4 is 17.9 Å². The average molecular weight is 479 g/mol. The smallest absolute Gasteiger partial charge is 0.319 e. The Kier molecular flexibility index (Phi) is 7.54. The Morgan fingerprint density at radius 3 is 2.63 bits per heavy atom. The van der Waals surface area contributed by atoms with Crippen LogP contribution in [0.5, 0.6) is 0 Å². The summed E-state index contributed by atoms with van der Waals surface area (Å²) in [5.74, 6) is 0.874. The molecule has 0 spiro atoms. The van der Waals surface area contributed by atoms with Gasteiger partial charge in [-0.1, -0.05) is 12.1 Å². The lowest BCUT2D eigenvalue weighted by Gasteiger charge is -2.43. The fourth-order valence-electron chi connectivity index (χ4n) is 5.73. The summed E-state index contributed by atoms with van der Waals surface area (Å²) < 4.78 is 11.6. The first kappa shape index (κ1) is 24.1. The van der Waals surface area contributed by atoms with Crippen LogP contribution in [0.15, 0.2) is 34.7 Å². The van der Waals surface area contributed by atoms with Crippen molar-refractivity contribution in [1.29, 1.82) is 0 Å². The van der Waals surface area contributed by atoms with E-state index in [1.807, 2.05) is 19.3 Å². The molecule has 4 aliphatic rings. The summed E-state index contributed by atoms with van der Waals surface area (Å²) in [7, 11) is 1.77. The number of nitrogens with one attached hydrogen (secondary N) is 2. The molecule has 7 nitrogen and oxygen atoms in total. The van der Waals surface area contributed by atoms with Gasteiger partial charge < -0.3 is 20.1 Å². The maximum absolute atomic E-state index is 12.8. The van der Waals surface area contributed by atoms with Crippen molar-refractivity contribution in [1.82, 2.24) is 10.2 Å². The largest absolute Gasteiger partial charge is 0.496 e. The lowest BCUT2D eigenvalue weighted by Crippen LogP contribution is -2.57. The number of carbonyl (C=O) groups is 1. The predicted octanol–water partition coefficient (Wildman–Crippen LogP) is 4.15. The van der Waals surface area contributed by atoms with Crippen molar-refractivity contribution in [3.05, 3.63) is 51.9 Å². The van der Waals surface area contributed by atoms with Gasteiger partial charge in [-0.25, -0.2) is 4.79 Å². The molecule has 1 atom stereocenters. The molecule has 0 aromatic heterocycles. The molecule has 0 radical (unpaired) electrons. The predicted molar refractivity (Wildman–Crippen MR) is 139 cm³/mol. The summed E-state index contributed by atoms with van der Waals surface area (Å²) in [5, 5.41) is 6.27. The molecule has 1 fully saturated rings. The lowest BCUT2D eigenvalue weighted by molar-refractivity contribution is -0.0620. The van der Waals surface area contributed by atoms with E-state index in [1.165, 1.54) is 35.1 Å². The SMILES string of the molecule is COC1CN([C@@H]2C/C=C/N=C\C(CCNC(=O)Nc3c4c(cc5c3CCC5)CCC4)=C(/C)OC2)C1. The molecular weight excluding hydrogens is 440 g/mol. The van der Waals surface area contributed by atoms with E-state index in [2.05, 4.69) is 32.7 Å². The lowest BCUT2D eigenvalue weighted by atomic mass is 9.99. The number of rotatable bonds is 6. The normalized spacial score (nSPS) is 26.3. The molecule has 0 unspecified atom stereocenters. The molecule has 2 amide bonds. The van der Waals surface area contributed by atoms with E-state index in [9.17, 15) is 4.79 Å². The zero-order valence-corrected chi connectivity index (χ0v) is 21.1. The summed E-state index contributed by atoms with van der Waals surface area (Å²) in [4.78, 5) is 19.7. The highest BCUT2D eigenvalue weighted by Gasteiger charge is 2.32. The topological polar surface area (TPSA) is 75.2 Å². The van der Waals surface area contributed by atoms with Crippen LogP contribution in [0, 0.1) is 0 Å². The van der Waals surface area contributed by atoms with Crippen LogP contribution in [0.25, 0.3) is 0 Å². The first-order valence-corrected chi connectivity index (χ1v) is 13.1. The van der Waals surface area contributed by atoms with Gasteiger partial charge in [0.15, 0.2) is 0 Å². The van der Waals surface area contributed by atoms with Gasteiger partial charge in [0.25, 0.3) is 0 Å². The highest BCUT2D eigenvalue weighted by atomic mass is 16.5. The Morgan fingerprint density at radius 2 is 1.91 bits per heavy atom. The van der Waals surface area contributed by atoms with Crippen LogP contribution in [0.2, 0.25) is 0 Å². The third-order valence-corrected chi connectivity index (χ3v) is 7.89. The Labute approximate surface area is 208 Å². The fourth-order valence-corrected chi connectivity index (χ4v) is 5.73. The minimum absolute atomic E-state index is 0.124. The number of hydrogen-bond acceptors (Lipinski definition) is 5. The second-order valence-electron chi connectivity index (χ2n) is 10.1. The van der Waals surface area contributed by atoms with E-state index < -0.39 is 0 Å². The highest BCUT2D eigenvalue weighted by molar-refractivity contribution is 5.92. The second-order valence-corrected chi connectivity index (χ2v) is 10.1. The van der Waals surface area contributed by atoms with E-state index in [0.717, 1.165) is 62.2 Å². The third kappa shape index (κ3) is 5.46. The van der Waals surface area contributed by atoms with E-state index in [-0.39, 0.29) is 6.03 Å².